The number of nitrogens with zero attached hydrogens (tertiary/aromatic N) is 1. The van der Waals surface area contributed by atoms with E-state index in [0.717, 1.165) is 12.8 Å². The molecule has 0 radical (unpaired) electrons. The van der Waals surface area contributed by atoms with Crippen molar-refractivity contribution in [1.29, 1.82) is 0 Å². The van der Waals surface area contributed by atoms with Crippen molar-refractivity contribution in [3.63, 3.8) is 0 Å². The number of hydrogen-bond acceptors (Lipinski definition) is 4. The molecule has 0 aromatic carbocycles. The van der Waals surface area contributed by atoms with Crippen LogP contribution in [0.5, 0.6) is 0 Å². The normalized spacial score (nSPS) is 42.2. The van der Waals surface area contributed by atoms with E-state index in [1.165, 1.54) is 76.3 Å². The molecule has 3 heterocycles. The Hall–Kier alpha value is -0.870. The molecule has 0 amide bonds. The summed E-state index contributed by atoms with van der Waals surface area (Å²) in [6, 6.07) is 2.16. The van der Waals surface area contributed by atoms with Crippen LogP contribution >= 0.6 is 0 Å². The molecule has 2 saturated carbocycles. The third-order valence-corrected chi connectivity index (χ3v) is 7.60. The number of ether oxygens (including phenoxy) is 1. The van der Waals surface area contributed by atoms with Crippen molar-refractivity contribution >= 4 is 5.97 Å². The van der Waals surface area contributed by atoms with Crippen LogP contribution in [0, 0.1) is 0 Å². The van der Waals surface area contributed by atoms with Crippen molar-refractivity contribution in [3.05, 3.63) is 11.6 Å². The van der Waals surface area contributed by atoms with Crippen molar-refractivity contribution in [1.82, 2.24) is 10.2 Å². The van der Waals surface area contributed by atoms with E-state index in [2.05, 4.69) is 10.2 Å². The van der Waals surface area contributed by atoms with Crippen LogP contribution in [-0.4, -0.2) is 47.2 Å². The molecule has 2 saturated heterocycles. The van der Waals surface area contributed by atoms with Gasteiger partial charge in [-0.1, -0.05) is 38.5 Å². The smallest absolute Gasteiger partial charge is 0.331 e. The van der Waals surface area contributed by atoms with Crippen LogP contribution in [0.1, 0.15) is 77.0 Å². The molecule has 138 valence electrons. The van der Waals surface area contributed by atoms with E-state index in [9.17, 15) is 4.79 Å². The van der Waals surface area contributed by atoms with Gasteiger partial charge in [0.25, 0.3) is 0 Å². The number of fused-ring (bicyclic) bond motifs is 3. The number of carbonyl (C=O) groups is 1. The fraction of sp³-hybridized carbons (Fsp3) is 0.857. The first-order chi connectivity index (χ1) is 12.3. The fourth-order valence-corrected chi connectivity index (χ4v) is 6.48. The molecule has 5 aliphatic rings. The maximum Gasteiger partial charge on any atom is 0.331 e. The summed E-state index contributed by atoms with van der Waals surface area (Å²) >= 11 is 0. The zero-order valence-corrected chi connectivity index (χ0v) is 15.3. The van der Waals surface area contributed by atoms with E-state index in [0.29, 0.717) is 24.2 Å². The van der Waals surface area contributed by atoms with Crippen LogP contribution in [0.4, 0.5) is 0 Å². The Balaban J connectivity index is 1.38. The van der Waals surface area contributed by atoms with Crippen LogP contribution in [0.2, 0.25) is 0 Å². The summed E-state index contributed by atoms with van der Waals surface area (Å²) in [5.41, 5.74) is 1.04. The molecule has 4 fully saturated rings. The second-order valence-corrected chi connectivity index (χ2v) is 9.02. The summed E-state index contributed by atoms with van der Waals surface area (Å²) in [6.45, 7) is 1.19. The van der Waals surface area contributed by atoms with Crippen LogP contribution in [0.25, 0.3) is 0 Å². The van der Waals surface area contributed by atoms with Gasteiger partial charge < -0.3 is 10.1 Å². The third-order valence-electron chi connectivity index (χ3n) is 7.60. The zero-order valence-electron chi connectivity index (χ0n) is 15.3. The molecule has 2 aliphatic carbocycles. The minimum Gasteiger partial charge on any atom is -0.450 e. The van der Waals surface area contributed by atoms with Crippen molar-refractivity contribution < 1.29 is 9.53 Å². The third kappa shape index (κ3) is 2.68. The Labute approximate surface area is 151 Å². The summed E-state index contributed by atoms with van der Waals surface area (Å²) in [6.07, 6.45) is 17.3. The lowest BCUT2D eigenvalue weighted by atomic mass is 9.75. The lowest BCUT2D eigenvalue weighted by Gasteiger charge is -2.38. The highest BCUT2D eigenvalue weighted by Crippen LogP contribution is 2.54. The standard InChI is InChI=1S/C21H32N2O2/c24-20-13-15-12-17(22-16-8-4-2-1-3-5-9-16)18-14-21(15,25-20)19-10-6-7-11-23(18)19/h13,16-19,22H,1-12,14H2/t17?,18-,19+,21-/m0/s1. The Morgan fingerprint density at radius 2 is 1.80 bits per heavy atom. The lowest BCUT2D eigenvalue weighted by molar-refractivity contribution is -0.148. The molecule has 0 aromatic heterocycles. The van der Waals surface area contributed by atoms with Gasteiger partial charge in [-0.3, -0.25) is 4.90 Å². The average Bonchev–Trinajstić information content (AvgIpc) is 3.06. The highest BCUT2D eigenvalue weighted by atomic mass is 16.6. The SMILES string of the molecule is O=C1C=C2CC(NC3CCCCCCC3)[C@@H]3C[C@@]2(O1)[C@H]1CCCCN31. The predicted molar refractivity (Wildman–Crippen MR) is 97.3 cm³/mol. The molecule has 25 heavy (non-hydrogen) atoms. The maximum absolute atomic E-state index is 12.1. The van der Waals surface area contributed by atoms with E-state index in [1.54, 1.807) is 0 Å². The first-order valence-corrected chi connectivity index (χ1v) is 10.7. The lowest BCUT2D eigenvalue weighted by Crippen LogP contribution is -2.52. The predicted octanol–water partition coefficient (Wildman–Crippen LogP) is 3.31. The molecule has 4 atom stereocenters. The topological polar surface area (TPSA) is 41.6 Å². The van der Waals surface area contributed by atoms with Gasteiger partial charge in [-0.2, -0.15) is 0 Å². The monoisotopic (exact) mass is 344 g/mol. The van der Waals surface area contributed by atoms with Crippen molar-refractivity contribution in [2.45, 2.75) is 107 Å². The molecule has 5 rings (SSSR count). The minimum atomic E-state index is -0.263. The van der Waals surface area contributed by atoms with Gasteiger partial charge >= 0.3 is 5.97 Å². The van der Waals surface area contributed by atoms with E-state index < -0.39 is 0 Å². The van der Waals surface area contributed by atoms with Gasteiger partial charge in [-0.15, -0.1) is 0 Å². The largest absolute Gasteiger partial charge is 0.450 e. The Bertz CT molecular complexity index is 566. The average molecular weight is 344 g/mol. The molecular weight excluding hydrogens is 312 g/mol. The fourth-order valence-electron chi connectivity index (χ4n) is 6.48. The van der Waals surface area contributed by atoms with Crippen LogP contribution in [0.15, 0.2) is 11.6 Å². The summed E-state index contributed by atoms with van der Waals surface area (Å²) in [5.74, 6) is -0.0900. The number of carbonyl (C=O) groups excluding carboxylic acids is 1. The Morgan fingerprint density at radius 1 is 1.04 bits per heavy atom. The highest BCUT2D eigenvalue weighted by molar-refractivity contribution is 5.87. The van der Waals surface area contributed by atoms with Gasteiger partial charge in [0.2, 0.25) is 0 Å². The van der Waals surface area contributed by atoms with Gasteiger partial charge in [-0.05, 0) is 44.2 Å². The number of rotatable bonds is 2. The van der Waals surface area contributed by atoms with E-state index in [4.69, 9.17) is 4.74 Å². The number of piperidine rings is 1. The Kier molecular flexibility index (Phi) is 4.16. The van der Waals surface area contributed by atoms with E-state index in [1.807, 2.05) is 6.08 Å². The quantitative estimate of drug-likeness (QED) is 0.781. The van der Waals surface area contributed by atoms with Crippen LogP contribution in [-0.2, 0) is 9.53 Å². The van der Waals surface area contributed by atoms with E-state index >= 15 is 0 Å². The first kappa shape index (κ1) is 16.3. The Morgan fingerprint density at radius 3 is 2.64 bits per heavy atom. The molecule has 3 aliphatic heterocycles. The van der Waals surface area contributed by atoms with Gasteiger partial charge in [0.1, 0.15) is 0 Å². The molecule has 2 bridgehead atoms. The molecule has 4 heteroatoms. The molecule has 1 N–H and O–H groups in total. The first-order valence-electron chi connectivity index (χ1n) is 10.7. The number of esters is 1. The molecule has 0 aromatic rings. The van der Waals surface area contributed by atoms with Gasteiger partial charge in [0.05, 0.1) is 6.04 Å². The van der Waals surface area contributed by atoms with E-state index in [-0.39, 0.29) is 11.6 Å². The number of nitrogens with one attached hydrogen (secondary N) is 1. The summed E-state index contributed by atoms with van der Waals surface area (Å²) in [7, 11) is 0. The summed E-state index contributed by atoms with van der Waals surface area (Å²) in [5, 5.41) is 4.06. The highest BCUT2D eigenvalue weighted by Gasteiger charge is 2.63. The van der Waals surface area contributed by atoms with Gasteiger partial charge in [0, 0.05) is 30.6 Å². The molecular formula is C21H32N2O2. The molecule has 1 spiro atoms. The minimum absolute atomic E-state index is 0.0900. The van der Waals surface area contributed by atoms with Crippen molar-refractivity contribution in [2.75, 3.05) is 6.54 Å². The molecule has 4 nitrogen and oxygen atoms in total. The maximum atomic E-state index is 12.1. The van der Waals surface area contributed by atoms with Gasteiger partial charge in [-0.25, -0.2) is 4.79 Å². The van der Waals surface area contributed by atoms with Crippen molar-refractivity contribution in [3.8, 4) is 0 Å². The van der Waals surface area contributed by atoms with Crippen LogP contribution < -0.4 is 5.32 Å². The van der Waals surface area contributed by atoms with Crippen molar-refractivity contribution in [2.24, 2.45) is 0 Å². The molecule has 1 unspecified atom stereocenters. The van der Waals surface area contributed by atoms with Gasteiger partial charge in [0.15, 0.2) is 5.60 Å². The van der Waals surface area contributed by atoms with Crippen LogP contribution in [0.3, 0.4) is 0 Å². The summed E-state index contributed by atoms with van der Waals surface area (Å²) in [4.78, 5) is 14.8. The summed E-state index contributed by atoms with van der Waals surface area (Å²) < 4.78 is 5.99. The second kappa shape index (κ2) is 6.38. The number of hydrogen-bond donors (Lipinski definition) is 1. The zero-order chi connectivity index (χ0) is 16.9. The second-order valence-electron chi connectivity index (χ2n) is 9.02.